The number of nitrogens with one attached hydrogen (secondary N) is 3. The van der Waals surface area contributed by atoms with Crippen molar-refractivity contribution < 1.29 is 9.59 Å². The van der Waals surface area contributed by atoms with Crippen LogP contribution in [0, 0.1) is 5.92 Å². The monoisotopic (exact) mass is 412 g/mol. The third kappa shape index (κ3) is 4.51. The van der Waals surface area contributed by atoms with Crippen LogP contribution in [0.2, 0.25) is 5.02 Å². The van der Waals surface area contributed by atoms with Gasteiger partial charge in [-0.3, -0.25) is 9.59 Å². The van der Waals surface area contributed by atoms with Crippen molar-refractivity contribution in [3.05, 3.63) is 63.5 Å². The number of H-pyrrole nitrogens is 2. The van der Waals surface area contributed by atoms with Crippen molar-refractivity contribution in [2.24, 2.45) is 5.92 Å². The van der Waals surface area contributed by atoms with Gasteiger partial charge in [0.2, 0.25) is 0 Å². The fourth-order valence-electron chi connectivity index (χ4n) is 3.73. The number of hydrogen-bond donors (Lipinski definition) is 3. The number of amides is 2. The molecule has 1 aliphatic rings. The topological polar surface area (TPSA) is 98.1 Å². The highest BCUT2D eigenvalue weighted by molar-refractivity contribution is 6.39. The number of aromatic amines is 2. The van der Waals surface area contributed by atoms with E-state index in [4.69, 9.17) is 11.6 Å². The van der Waals surface area contributed by atoms with Gasteiger partial charge in [0.15, 0.2) is 0 Å². The normalized spacial score (nSPS) is 14.9. The minimum atomic E-state index is -0.668. The lowest BCUT2D eigenvalue weighted by Crippen LogP contribution is -2.44. The predicted molar refractivity (Wildman–Crippen MR) is 112 cm³/mol. The van der Waals surface area contributed by atoms with E-state index in [1.54, 1.807) is 23.1 Å². The summed E-state index contributed by atoms with van der Waals surface area (Å²) in [6.45, 7) is 1.13. The first-order valence-corrected chi connectivity index (χ1v) is 9.92. The van der Waals surface area contributed by atoms with Crippen LogP contribution in [0.3, 0.4) is 0 Å². The van der Waals surface area contributed by atoms with Gasteiger partial charge in [-0.1, -0.05) is 23.7 Å². The highest BCUT2D eigenvalue weighted by Crippen LogP contribution is 2.23. The number of benzene rings is 2. The highest BCUT2D eigenvalue weighted by Gasteiger charge is 2.27. The molecule has 8 heteroatoms. The van der Waals surface area contributed by atoms with Crippen molar-refractivity contribution in [2.45, 2.75) is 19.3 Å². The molecule has 2 aromatic carbocycles. The van der Waals surface area contributed by atoms with Crippen LogP contribution in [-0.4, -0.2) is 39.8 Å². The number of carbonyl (C=O) groups excluding carboxylic acids is 2. The highest BCUT2D eigenvalue weighted by atomic mass is 35.5. The molecule has 29 heavy (non-hydrogen) atoms. The van der Waals surface area contributed by atoms with Crippen molar-refractivity contribution in [1.29, 1.82) is 0 Å². The van der Waals surface area contributed by atoms with Crippen LogP contribution in [0.25, 0.3) is 11.0 Å². The number of aromatic nitrogens is 2. The number of carbonyl (C=O) groups is 2. The van der Waals surface area contributed by atoms with Crippen molar-refractivity contribution in [3.63, 3.8) is 0 Å². The molecule has 0 spiro atoms. The van der Waals surface area contributed by atoms with Crippen LogP contribution in [0.15, 0.2) is 47.3 Å². The Kier molecular flexibility index (Phi) is 5.40. The maximum atomic E-state index is 12.5. The number of piperidine rings is 1. The number of nitrogens with zero attached hydrogens (tertiary/aromatic N) is 1. The van der Waals surface area contributed by atoms with Gasteiger partial charge in [0.1, 0.15) is 0 Å². The molecule has 0 unspecified atom stereocenters. The van der Waals surface area contributed by atoms with Crippen LogP contribution < -0.4 is 11.0 Å². The zero-order valence-electron chi connectivity index (χ0n) is 15.7. The SMILES string of the molecule is O=C(Nc1ccc2[nH]c(=O)[nH]c2c1)C(=O)N1CCC(Cc2ccc(Cl)cc2)CC1. The zero-order valence-corrected chi connectivity index (χ0v) is 16.5. The maximum absolute atomic E-state index is 12.5. The van der Waals surface area contributed by atoms with Crippen LogP contribution in [0.5, 0.6) is 0 Å². The van der Waals surface area contributed by atoms with Crippen molar-refractivity contribution in [2.75, 3.05) is 18.4 Å². The first kappa shape index (κ1) is 19.3. The van der Waals surface area contributed by atoms with E-state index < -0.39 is 11.8 Å². The summed E-state index contributed by atoms with van der Waals surface area (Å²) in [5.41, 5.74) is 2.59. The van der Waals surface area contributed by atoms with Gasteiger partial charge in [0.05, 0.1) is 11.0 Å². The van der Waals surface area contributed by atoms with Crippen LogP contribution in [0.1, 0.15) is 18.4 Å². The molecule has 150 valence electrons. The Labute approximate surface area is 172 Å². The number of rotatable bonds is 3. The molecule has 3 aromatic rings. The molecule has 0 radical (unpaired) electrons. The third-order valence-corrected chi connectivity index (χ3v) is 5.56. The Bertz CT molecular complexity index is 1100. The lowest BCUT2D eigenvalue weighted by atomic mass is 9.90. The average molecular weight is 413 g/mol. The second-order valence-electron chi connectivity index (χ2n) is 7.36. The van der Waals surface area contributed by atoms with E-state index >= 15 is 0 Å². The van der Waals surface area contributed by atoms with E-state index in [0.717, 1.165) is 24.3 Å². The minimum absolute atomic E-state index is 0.318. The summed E-state index contributed by atoms with van der Waals surface area (Å²) >= 11 is 5.93. The van der Waals surface area contributed by atoms with E-state index in [1.165, 1.54) is 5.56 Å². The van der Waals surface area contributed by atoms with Gasteiger partial charge < -0.3 is 20.2 Å². The minimum Gasteiger partial charge on any atom is -0.334 e. The molecule has 7 nitrogen and oxygen atoms in total. The Hall–Kier alpha value is -3.06. The number of fused-ring (bicyclic) bond motifs is 1. The molecule has 0 saturated carbocycles. The number of imidazole rings is 1. The summed E-state index contributed by atoms with van der Waals surface area (Å²) in [6, 6.07) is 12.8. The smallest absolute Gasteiger partial charge is 0.323 e. The lowest BCUT2D eigenvalue weighted by Gasteiger charge is -2.31. The molecular weight excluding hydrogens is 392 g/mol. The summed E-state index contributed by atoms with van der Waals surface area (Å²) in [4.78, 5) is 43.1. The fraction of sp³-hybridized carbons (Fsp3) is 0.286. The Morgan fingerprint density at radius 2 is 1.72 bits per heavy atom. The van der Waals surface area contributed by atoms with Crippen LogP contribution in [0.4, 0.5) is 5.69 Å². The fourth-order valence-corrected chi connectivity index (χ4v) is 3.86. The molecule has 0 bridgehead atoms. The van der Waals surface area contributed by atoms with E-state index in [0.29, 0.717) is 35.7 Å². The van der Waals surface area contributed by atoms with E-state index in [2.05, 4.69) is 15.3 Å². The molecule has 1 fully saturated rings. The second-order valence-corrected chi connectivity index (χ2v) is 7.80. The summed E-state index contributed by atoms with van der Waals surface area (Å²) in [7, 11) is 0. The summed E-state index contributed by atoms with van der Waals surface area (Å²) in [5.74, 6) is -0.716. The number of hydrogen-bond acceptors (Lipinski definition) is 3. The van der Waals surface area contributed by atoms with Crippen LogP contribution >= 0.6 is 11.6 Å². The Morgan fingerprint density at radius 3 is 2.45 bits per heavy atom. The van der Waals surface area contributed by atoms with Crippen molar-refractivity contribution in [1.82, 2.24) is 14.9 Å². The van der Waals surface area contributed by atoms with Gasteiger partial charge in [-0.15, -0.1) is 0 Å². The number of likely N-dealkylation sites (tertiary alicyclic amines) is 1. The van der Waals surface area contributed by atoms with Gasteiger partial charge >= 0.3 is 17.5 Å². The quantitative estimate of drug-likeness (QED) is 0.577. The number of halogens is 1. The average Bonchev–Trinajstić information content (AvgIpc) is 3.09. The van der Waals surface area contributed by atoms with E-state index in [9.17, 15) is 14.4 Å². The molecular formula is C21H21ClN4O3. The Balaban J connectivity index is 1.31. The molecule has 3 N–H and O–H groups in total. The second kappa shape index (κ2) is 8.13. The van der Waals surface area contributed by atoms with E-state index in [1.807, 2.05) is 24.3 Å². The molecule has 4 rings (SSSR count). The summed E-state index contributed by atoms with van der Waals surface area (Å²) in [6.07, 6.45) is 2.66. The molecule has 1 aliphatic heterocycles. The molecule has 2 heterocycles. The van der Waals surface area contributed by atoms with Crippen molar-refractivity contribution in [3.8, 4) is 0 Å². The molecule has 0 aliphatic carbocycles. The standard InChI is InChI=1S/C21H21ClN4O3/c22-15-3-1-13(2-4-15)11-14-7-9-26(10-8-14)20(28)19(27)23-16-5-6-17-18(12-16)25-21(29)24-17/h1-6,12,14H,7-11H2,(H,23,27)(H2,24,25,29). The predicted octanol–water partition coefficient (Wildman–Crippen LogP) is 2.93. The maximum Gasteiger partial charge on any atom is 0.323 e. The molecule has 0 atom stereocenters. The zero-order chi connectivity index (χ0) is 20.4. The van der Waals surface area contributed by atoms with Gasteiger partial charge in [0.25, 0.3) is 0 Å². The largest absolute Gasteiger partial charge is 0.334 e. The molecule has 2 amide bonds. The summed E-state index contributed by atoms with van der Waals surface area (Å²) < 4.78 is 0. The van der Waals surface area contributed by atoms with Gasteiger partial charge in [0, 0.05) is 23.8 Å². The van der Waals surface area contributed by atoms with E-state index in [-0.39, 0.29) is 5.69 Å². The molecule has 1 aromatic heterocycles. The number of anilines is 1. The first-order valence-electron chi connectivity index (χ1n) is 9.55. The van der Waals surface area contributed by atoms with Gasteiger partial charge in [-0.2, -0.15) is 0 Å². The summed E-state index contributed by atoms with van der Waals surface area (Å²) in [5, 5.41) is 3.34. The van der Waals surface area contributed by atoms with Gasteiger partial charge in [-0.25, -0.2) is 4.79 Å². The lowest BCUT2D eigenvalue weighted by molar-refractivity contribution is -0.144. The molecule has 1 saturated heterocycles. The first-order chi connectivity index (χ1) is 14.0. The Morgan fingerprint density at radius 1 is 1.03 bits per heavy atom. The van der Waals surface area contributed by atoms with Crippen molar-refractivity contribution >= 4 is 40.1 Å². The van der Waals surface area contributed by atoms with Gasteiger partial charge in [-0.05, 0) is 61.1 Å². The third-order valence-electron chi connectivity index (χ3n) is 5.31. The van der Waals surface area contributed by atoms with Crippen LogP contribution in [-0.2, 0) is 16.0 Å².